The molecule has 0 spiro atoms. The van der Waals surface area contributed by atoms with E-state index < -0.39 is 35.6 Å². The molecular formula is C15H12N2O7. The summed E-state index contributed by atoms with van der Waals surface area (Å²) in [7, 11) is 1.28. The maximum Gasteiger partial charge on any atom is 0.336 e. The average molecular weight is 332 g/mol. The van der Waals surface area contributed by atoms with Gasteiger partial charge in [-0.15, -0.1) is 0 Å². The molecule has 124 valence electrons. The van der Waals surface area contributed by atoms with Crippen molar-refractivity contribution in [2.45, 2.75) is 18.9 Å². The van der Waals surface area contributed by atoms with E-state index in [9.17, 15) is 29.1 Å². The van der Waals surface area contributed by atoms with E-state index in [4.69, 9.17) is 4.74 Å². The lowest BCUT2D eigenvalue weighted by atomic mass is 10.0. The van der Waals surface area contributed by atoms with E-state index in [-0.39, 0.29) is 35.3 Å². The summed E-state index contributed by atoms with van der Waals surface area (Å²) in [5.74, 6) is -4.29. The quantitative estimate of drug-likeness (QED) is 0.733. The lowest BCUT2D eigenvalue weighted by Crippen LogP contribution is -2.54. The number of rotatable bonds is 3. The molecule has 3 rings (SSSR count). The van der Waals surface area contributed by atoms with Crippen LogP contribution in [0, 0.1) is 0 Å². The number of amides is 4. The third-order valence-electron chi connectivity index (χ3n) is 4.00. The number of benzene rings is 1. The molecule has 2 N–H and O–H groups in total. The summed E-state index contributed by atoms with van der Waals surface area (Å²) in [4.78, 5) is 60.6. The number of hydrogen-bond acceptors (Lipinski definition) is 6. The van der Waals surface area contributed by atoms with Crippen molar-refractivity contribution in [3.63, 3.8) is 0 Å². The van der Waals surface area contributed by atoms with Gasteiger partial charge in [-0.25, -0.2) is 4.79 Å². The van der Waals surface area contributed by atoms with Gasteiger partial charge in [-0.05, 0) is 18.6 Å². The third-order valence-corrected chi connectivity index (χ3v) is 4.00. The second-order valence-electron chi connectivity index (χ2n) is 5.32. The Morgan fingerprint density at radius 2 is 1.88 bits per heavy atom. The standard InChI is InChI=1S/C15H12N2O7/c1-24-8-4-2-6(15(22)23)10-11(8)14(21)17(13(10)20)7-3-5-9(18)16-12(7)19/h2,4,7H,3,5H2,1H3,(H,22,23)(H,16,18,19). The maximum atomic E-state index is 12.7. The largest absolute Gasteiger partial charge is 0.496 e. The van der Waals surface area contributed by atoms with Crippen LogP contribution in [0.4, 0.5) is 0 Å². The summed E-state index contributed by atoms with van der Waals surface area (Å²) >= 11 is 0. The van der Waals surface area contributed by atoms with E-state index in [1.165, 1.54) is 19.2 Å². The molecule has 2 heterocycles. The Balaban J connectivity index is 2.11. The minimum absolute atomic E-state index is 0.0130. The zero-order valence-electron chi connectivity index (χ0n) is 12.5. The summed E-state index contributed by atoms with van der Waals surface area (Å²) in [5.41, 5.74) is -0.845. The first-order valence-corrected chi connectivity index (χ1v) is 7.02. The Morgan fingerprint density at radius 3 is 2.46 bits per heavy atom. The summed E-state index contributed by atoms with van der Waals surface area (Å²) in [5, 5.41) is 11.3. The van der Waals surface area contributed by atoms with Crippen molar-refractivity contribution in [1.29, 1.82) is 0 Å². The van der Waals surface area contributed by atoms with Crippen LogP contribution in [0.15, 0.2) is 12.1 Å². The maximum absolute atomic E-state index is 12.7. The van der Waals surface area contributed by atoms with Crippen LogP contribution in [-0.4, -0.2) is 52.8 Å². The number of carbonyl (C=O) groups excluding carboxylic acids is 4. The van der Waals surface area contributed by atoms with Crippen LogP contribution in [0.2, 0.25) is 0 Å². The van der Waals surface area contributed by atoms with Gasteiger partial charge in [-0.2, -0.15) is 0 Å². The lowest BCUT2D eigenvalue weighted by Gasteiger charge is -2.27. The molecule has 2 aliphatic rings. The molecule has 0 saturated carbocycles. The summed E-state index contributed by atoms with van der Waals surface area (Å²) in [6, 6.07) is 1.28. The summed E-state index contributed by atoms with van der Waals surface area (Å²) in [6.45, 7) is 0. The van der Waals surface area contributed by atoms with Gasteiger partial charge in [0, 0.05) is 6.42 Å². The third kappa shape index (κ3) is 2.13. The minimum atomic E-state index is -1.37. The van der Waals surface area contributed by atoms with Crippen molar-refractivity contribution in [3.8, 4) is 5.75 Å². The highest BCUT2D eigenvalue weighted by Gasteiger charge is 2.47. The zero-order chi connectivity index (χ0) is 17.6. The number of nitrogens with zero attached hydrogens (tertiary/aromatic N) is 1. The molecule has 0 aliphatic carbocycles. The topological polar surface area (TPSA) is 130 Å². The second kappa shape index (κ2) is 5.44. The lowest BCUT2D eigenvalue weighted by molar-refractivity contribution is -0.136. The molecule has 0 aromatic heterocycles. The number of aromatic carboxylic acids is 1. The van der Waals surface area contributed by atoms with Crippen LogP contribution in [-0.2, 0) is 9.59 Å². The summed E-state index contributed by atoms with van der Waals surface area (Å²) in [6.07, 6.45) is -0.0341. The highest BCUT2D eigenvalue weighted by Crippen LogP contribution is 2.35. The Hall–Kier alpha value is -3.23. The number of ether oxygens (including phenoxy) is 1. The van der Waals surface area contributed by atoms with E-state index in [1.807, 2.05) is 0 Å². The Morgan fingerprint density at radius 1 is 1.21 bits per heavy atom. The second-order valence-corrected chi connectivity index (χ2v) is 5.32. The number of hydrogen-bond donors (Lipinski definition) is 2. The average Bonchev–Trinajstić information content (AvgIpc) is 2.79. The number of nitrogens with one attached hydrogen (secondary N) is 1. The molecule has 2 aliphatic heterocycles. The first kappa shape index (κ1) is 15.7. The van der Waals surface area contributed by atoms with Gasteiger partial charge in [0.2, 0.25) is 11.8 Å². The van der Waals surface area contributed by atoms with Gasteiger partial charge >= 0.3 is 5.97 Å². The minimum Gasteiger partial charge on any atom is -0.496 e. The number of fused-ring (bicyclic) bond motifs is 1. The molecule has 1 saturated heterocycles. The van der Waals surface area contributed by atoms with Gasteiger partial charge < -0.3 is 9.84 Å². The fourth-order valence-electron chi connectivity index (χ4n) is 2.91. The summed E-state index contributed by atoms with van der Waals surface area (Å²) < 4.78 is 5.04. The van der Waals surface area contributed by atoms with E-state index in [0.717, 1.165) is 0 Å². The van der Waals surface area contributed by atoms with Gasteiger partial charge in [0.1, 0.15) is 11.8 Å². The van der Waals surface area contributed by atoms with E-state index in [1.54, 1.807) is 0 Å². The predicted octanol–water partition coefficient (Wildman–Crippen LogP) is -0.205. The molecular weight excluding hydrogens is 320 g/mol. The van der Waals surface area contributed by atoms with Gasteiger partial charge in [-0.1, -0.05) is 0 Å². The van der Waals surface area contributed by atoms with Crippen LogP contribution in [0.25, 0.3) is 0 Å². The van der Waals surface area contributed by atoms with Crippen LogP contribution in [0.3, 0.4) is 0 Å². The van der Waals surface area contributed by atoms with Crippen molar-refractivity contribution in [1.82, 2.24) is 10.2 Å². The van der Waals surface area contributed by atoms with E-state index in [2.05, 4.69) is 5.32 Å². The Bertz CT molecular complexity index is 814. The number of carboxylic acids is 1. The first-order valence-electron chi connectivity index (χ1n) is 7.02. The normalized spacial score (nSPS) is 20.0. The smallest absolute Gasteiger partial charge is 0.336 e. The van der Waals surface area contributed by atoms with Crippen LogP contribution in [0.5, 0.6) is 5.75 Å². The fraction of sp³-hybridized carbons (Fsp3) is 0.267. The first-order chi connectivity index (χ1) is 11.4. The van der Waals surface area contributed by atoms with Crippen LogP contribution >= 0.6 is 0 Å². The van der Waals surface area contributed by atoms with E-state index >= 15 is 0 Å². The molecule has 1 fully saturated rings. The van der Waals surface area contributed by atoms with Crippen molar-refractivity contribution >= 4 is 29.6 Å². The van der Waals surface area contributed by atoms with Crippen LogP contribution < -0.4 is 10.1 Å². The number of carboxylic acid groups (broad SMARTS) is 1. The van der Waals surface area contributed by atoms with Gasteiger partial charge in [0.25, 0.3) is 11.8 Å². The van der Waals surface area contributed by atoms with Gasteiger partial charge in [0.05, 0.1) is 23.8 Å². The number of imide groups is 2. The van der Waals surface area contributed by atoms with Crippen molar-refractivity contribution in [2.75, 3.05) is 7.11 Å². The van der Waals surface area contributed by atoms with E-state index in [0.29, 0.717) is 4.90 Å². The molecule has 1 unspecified atom stereocenters. The molecule has 9 nitrogen and oxygen atoms in total. The Labute approximate surface area is 135 Å². The molecule has 0 radical (unpaired) electrons. The monoisotopic (exact) mass is 332 g/mol. The van der Waals surface area contributed by atoms with Crippen molar-refractivity contribution in [3.05, 3.63) is 28.8 Å². The van der Waals surface area contributed by atoms with Crippen molar-refractivity contribution < 1.29 is 33.8 Å². The molecule has 0 bridgehead atoms. The molecule has 4 amide bonds. The van der Waals surface area contributed by atoms with Crippen LogP contribution in [0.1, 0.15) is 43.9 Å². The SMILES string of the molecule is COc1ccc(C(=O)O)c2c1C(=O)N(C1CCC(=O)NC1=O)C2=O. The van der Waals surface area contributed by atoms with Gasteiger partial charge in [0.15, 0.2) is 0 Å². The molecule has 9 heteroatoms. The highest BCUT2D eigenvalue weighted by molar-refractivity contribution is 6.27. The zero-order valence-corrected chi connectivity index (χ0v) is 12.5. The number of methoxy groups -OCH3 is 1. The molecule has 24 heavy (non-hydrogen) atoms. The predicted molar refractivity (Wildman–Crippen MR) is 76.6 cm³/mol. The Kier molecular flexibility index (Phi) is 3.55. The molecule has 1 atom stereocenters. The fourth-order valence-corrected chi connectivity index (χ4v) is 2.91. The number of carbonyl (C=O) groups is 5. The number of piperidine rings is 1. The highest BCUT2D eigenvalue weighted by atomic mass is 16.5. The molecule has 1 aromatic rings. The van der Waals surface area contributed by atoms with Gasteiger partial charge in [-0.3, -0.25) is 29.4 Å². The van der Waals surface area contributed by atoms with Crippen molar-refractivity contribution in [2.24, 2.45) is 0 Å². The molecule has 1 aromatic carbocycles.